The standard InChI is InChI=1S/C15H21NO/c16-13(9-11-5-6-11)10-12-7-8-17-15-4-2-1-3-14(12)15/h1-4,11-13H,5-10,16H2. The van der Waals surface area contributed by atoms with Crippen molar-refractivity contribution in [1.82, 2.24) is 0 Å². The SMILES string of the molecule is NC(CC1CC1)CC1CCOc2ccccc21. The Morgan fingerprint density at radius 2 is 2.00 bits per heavy atom. The van der Waals surface area contributed by atoms with Gasteiger partial charge in [-0.3, -0.25) is 0 Å². The lowest BCUT2D eigenvalue weighted by Gasteiger charge is -2.27. The molecule has 92 valence electrons. The van der Waals surface area contributed by atoms with Crippen LogP contribution in [0.5, 0.6) is 5.75 Å². The highest BCUT2D eigenvalue weighted by atomic mass is 16.5. The van der Waals surface area contributed by atoms with Crippen molar-refractivity contribution in [1.29, 1.82) is 0 Å². The summed E-state index contributed by atoms with van der Waals surface area (Å²) in [6.07, 6.45) is 6.27. The molecule has 0 spiro atoms. The van der Waals surface area contributed by atoms with Crippen LogP contribution >= 0.6 is 0 Å². The molecule has 1 fully saturated rings. The van der Waals surface area contributed by atoms with Crippen molar-refractivity contribution in [2.75, 3.05) is 6.61 Å². The number of hydrogen-bond donors (Lipinski definition) is 1. The Morgan fingerprint density at radius 1 is 1.18 bits per heavy atom. The van der Waals surface area contributed by atoms with Crippen LogP contribution in [0.2, 0.25) is 0 Å². The molecule has 0 amide bonds. The minimum atomic E-state index is 0.374. The Balaban J connectivity index is 1.67. The zero-order chi connectivity index (χ0) is 11.7. The van der Waals surface area contributed by atoms with E-state index in [0.29, 0.717) is 12.0 Å². The average Bonchev–Trinajstić information content (AvgIpc) is 3.13. The average molecular weight is 231 g/mol. The Bertz CT molecular complexity index is 386. The zero-order valence-corrected chi connectivity index (χ0v) is 10.3. The summed E-state index contributed by atoms with van der Waals surface area (Å²) in [5.74, 6) is 2.61. The normalized spacial score (nSPS) is 24.9. The van der Waals surface area contributed by atoms with Crippen molar-refractivity contribution in [3.63, 3.8) is 0 Å². The summed E-state index contributed by atoms with van der Waals surface area (Å²) in [5, 5.41) is 0. The fourth-order valence-corrected chi connectivity index (χ4v) is 2.90. The molecule has 1 aromatic carbocycles. The van der Waals surface area contributed by atoms with Crippen molar-refractivity contribution in [2.24, 2.45) is 11.7 Å². The minimum Gasteiger partial charge on any atom is -0.493 e. The molecule has 2 aliphatic rings. The molecule has 3 rings (SSSR count). The number of para-hydroxylation sites is 1. The van der Waals surface area contributed by atoms with E-state index < -0.39 is 0 Å². The fourth-order valence-electron chi connectivity index (χ4n) is 2.90. The van der Waals surface area contributed by atoms with Crippen LogP contribution in [0, 0.1) is 5.92 Å². The van der Waals surface area contributed by atoms with Crippen molar-refractivity contribution >= 4 is 0 Å². The Morgan fingerprint density at radius 3 is 2.82 bits per heavy atom. The predicted octanol–water partition coefficient (Wildman–Crippen LogP) is 3.07. The molecule has 2 atom stereocenters. The molecule has 2 heteroatoms. The monoisotopic (exact) mass is 231 g/mol. The van der Waals surface area contributed by atoms with E-state index in [1.54, 1.807) is 0 Å². The van der Waals surface area contributed by atoms with E-state index in [4.69, 9.17) is 10.5 Å². The highest BCUT2D eigenvalue weighted by Gasteiger charge is 2.27. The smallest absolute Gasteiger partial charge is 0.122 e. The summed E-state index contributed by atoms with van der Waals surface area (Å²) in [7, 11) is 0. The number of nitrogens with two attached hydrogens (primary N) is 1. The summed E-state index contributed by atoms with van der Waals surface area (Å²) >= 11 is 0. The topological polar surface area (TPSA) is 35.2 Å². The molecule has 2 nitrogen and oxygen atoms in total. The largest absolute Gasteiger partial charge is 0.493 e. The third kappa shape index (κ3) is 2.63. The van der Waals surface area contributed by atoms with Crippen molar-refractivity contribution in [3.8, 4) is 5.75 Å². The molecule has 0 aromatic heterocycles. The Hall–Kier alpha value is -1.02. The van der Waals surface area contributed by atoms with Gasteiger partial charge in [-0.15, -0.1) is 0 Å². The second kappa shape index (κ2) is 4.69. The van der Waals surface area contributed by atoms with Crippen LogP contribution < -0.4 is 10.5 Å². The second-order valence-electron chi connectivity index (χ2n) is 5.55. The van der Waals surface area contributed by atoms with Crippen molar-refractivity contribution < 1.29 is 4.74 Å². The van der Waals surface area contributed by atoms with Gasteiger partial charge in [-0.25, -0.2) is 0 Å². The molecule has 1 aliphatic heterocycles. The van der Waals surface area contributed by atoms with Gasteiger partial charge in [0.15, 0.2) is 0 Å². The first-order valence-corrected chi connectivity index (χ1v) is 6.80. The van der Waals surface area contributed by atoms with E-state index in [0.717, 1.165) is 31.1 Å². The first kappa shape index (κ1) is 11.1. The lowest BCUT2D eigenvalue weighted by atomic mass is 9.86. The maximum Gasteiger partial charge on any atom is 0.122 e. The third-order valence-electron chi connectivity index (χ3n) is 4.00. The first-order valence-electron chi connectivity index (χ1n) is 6.80. The van der Waals surface area contributed by atoms with Crippen molar-refractivity contribution in [3.05, 3.63) is 29.8 Å². The maximum absolute atomic E-state index is 6.26. The lowest BCUT2D eigenvalue weighted by Crippen LogP contribution is -2.26. The van der Waals surface area contributed by atoms with Gasteiger partial charge in [0.05, 0.1) is 6.61 Å². The van der Waals surface area contributed by atoms with Gasteiger partial charge in [-0.2, -0.15) is 0 Å². The maximum atomic E-state index is 6.26. The van der Waals surface area contributed by atoms with Gasteiger partial charge in [0, 0.05) is 6.04 Å². The summed E-state index contributed by atoms with van der Waals surface area (Å²) in [4.78, 5) is 0. The minimum absolute atomic E-state index is 0.374. The summed E-state index contributed by atoms with van der Waals surface area (Å²) < 4.78 is 5.69. The van der Waals surface area contributed by atoms with Crippen LogP contribution in [-0.2, 0) is 0 Å². The Labute approximate surface area is 103 Å². The van der Waals surface area contributed by atoms with E-state index in [-0.39, 0.29) is 0 Å². The van der Waals surface area contributed by atoms with Crippen LogP contribution in [-0.4, -0.2) is 12.6 Å². The Kier molecular flexibility index (Phi) is 3.06. The van der Waals surface area contributed by atoms with E-state index in [9.17, 15) is 0 Å². The van der Waals surface area contributed by atoms with Crippen LogP contribution in [0.3, 0.4) is 0 Å². The highest BCUT2D eigenvalue weighted by Crippen LogP contribution is 2.39. The van der Waals surface area contributed by atoms with Crippen molar-refractivity contribution in [2.45, 2.75) is 44.1 Å². The van der Waals surface area contributed by atoms with E-state index in [1.807, 2.05) is 6.07 Å². The molecule has 1 aromatic rings. The van der Waals surface area contributed by atoms with Gasteiger partial charge in [-0.05, 0) is 42.7 Å². The molecule has 17 heavy (non-hydrogen) atoms. The third-order valence-corrected chi connectivity index (χ3v) is 4.00. The van der Waals surface area contributed by atoms with Gasteiger partial charge in [0.2, 0.25) is 0 Å². The molecule has 1 saturated carbocycles. The quantitative estimate of drug-likeness (QED) is 0.864. The highest BCUT2D eigenvalue weighted by molar-refractivity contribution is 5.37. The molecule has 2 N–H and O–H groups in total. The van der Waals surface area contributed by atoms with E-state index in [2.05, 4.69) is 18.2 Å². The summed E-state index contributed by atoms with van der Waals surface area (Å²) in [5.41, 5.74) is 7.63. The van der Waals surface area contributed by atoms with Crippen LogP contribution in [0.25, 0.3) is 0 Å². The zero-order valence-electron chi connectivity index (χ0n) is 10.3. The number of rotatable bonds is 4. The number of fused-ring (bicyclic) bond motifs is 1. The number of ether oxygens (including phenoxy) is 1. The van der Waals surface area contributed by atoms with Gasteiger partial charge in [0.25, 0.3) is 0 Å². The van der Waals surface area contributed by atoms with Gasteiger partial charge in [-0.1, -0.05) is 31.0 Å². The predicted molar refractivity (Wildman–Crippen MR) is 69.2 cm³/mol. The first-order chi connectivity index (χ1) is 8.33. The molecule has 1 aliphatic carbocycles. The summed E-state index contributed by atoms with van der Waals surface area (Å²) in [6, 6.07) is 8.80. The molecular weight excluding hydrogens is 210 g/mol. The van der Waals surface area contributed by atoms with E-state index in [1.165, 1.54) is 24.8 Å². The summed E-state index contributed by atoms with van der Waals surface area (Å²) in [6.45, 7) is 0.845. The van der Waals surface area contributed by atoms with Crippen LogP contribution in [0.15, 0.2) is 24.3 Å². The van der Waals surface area contributed by atoms with E-state index >= 15 is 0 Å². The van der Waals surface area contributed by atoms with Gasteiger partial charge in [0.1, 0.15) is 5.75 Å². The molecule has 0 radical (unpaired) electrons. The molecule has 2 unspecified atom stereocenters. The molecular formula is C15H21NO. The lowest BCUT2D eigenvalue weighted by molar-refractivity contribution is 0.257. The fraction of sp³-hybridized carbons (Fsp3) is 0.600. The number of benzene rings is 1. The number of hydrogen-bond acceptors (Lipinski definition) is 2. The molecule has 0 saturated heterocycles. The van der Waals surface area contributed by atoms with Crippen LogP contribution in [0.1, 0.15) is 43.6 Å². The van der Waals surface area contributed by atoms with Crippen LogP contribution in [0.4, 0.5) is 0 Å². The molecule has 0 bridgehead atoms. The van der Waals surface area contributed by atoms with Gasteiger partial charge < -0.3 is 10.5 Å². The second-order valence-corrected chi connectivity index (χ2v) is 5.55. The molecule has 1 heterocycles. The van der Waals surface area contributed by atoms with Gasteiger partial charge >= 0.3 is 0 Å².